The van der Waals surface area contributed by atoms with E-state index in [9.17, 15) is 4.79 Å². The van der Waals surface area contributed by atoms with Crippen LogP contribution in [0.25, 0.3) is 0 Å². The monoisotopic (exact) mass is 461 g/mol. The molecule has 1 atom stereocenters. The van der Waals surface area contributed by atoms with Crippen molar-refractivity contribution in [2.24, 2.45) is 0 Å². The van der Waals surface area contributed by atoms with Crippen LogP contribution in [0, 0.1) is 0 Å². The average Bonchev–Trinajstić information content (AvgIpc) is 2.65. The van der Waals surface area contributed by atoms with Gasteiger partial charge in [0.2, 0.25) is 0 Å². The van der Waals surface area contributed by atoms with Crippen molar-refractivity contribution < 1.29 is 9.90 Å². The highest BCUT2D eigenvalue weighted by atomic mass is 79.9. The Morgan fingerprint density at radius 3 is 1.50 bits per heavy atom. The quantitative estimate of drug-likeness (QED) is 0.136. The lowest BCUT2D eigenvalue weighted by Crippen LogP contribution is -2.23. The summed E-state index contributed by atoms with van der Waals surface area (Å²) in [6.45, 7) is 5.84. The third-order valence-corrected chi connectivity index (χ3v) is 5.69. The molecular formula is C24H48BrNO2. The van der Waals surface area contributed by atoms with Gasteiger partial charge in [-0.3, -0.25) is 0 Å². The molecule has 1 N–H and O–H groups in total. The van der Waals surface area contributed by atoms with Gasteiger partial charge in [0.05, 0.1) is 0 Å². The van der Waals surface area contributed by atoms with Crippen LogP contribution in [0.15, 0.2) is 11.6 Å². The molecule has 0 amide bonds. The van der Waals surface area contributed by atoms with E-state index in [0.717, 1.165) is 0 Å². The van der Waals surface area contributed by atoms with Crippen molar-refractivity contribution in [2.75, 3.05) is 19.4 Å². The minimum atomic E-state index is -0.848. The Labute approximate surface area is 184 Å². The molecule has 3 nitrogen and oxygen atoms in total. The fourth-order valence-corrected chi connectivity index (χ4v) is 3.27. The molecule has 0 saturated carbocycles. The van der Waals surface area contributed by atoms with Crippen molar-refractivity contribution in [1.82, 2.24) is 4.90 Å². The molecule has 0 heterocycles. The molecule has 0 aliphatic rings. The van der Waals surface area contributed by atoms with Gasteiger partial charge < -0.3 is 10.0 Å². The number of carboxylic acid groups (broad SMARTS) is 1. The Balaban J connectivity index is 0. The second-order valence-electron chi connectivity index (χ2n) is 8.14. The summed E-state index contributed by atoms with van der Waals surface area (Å²) in [5, 5.41) is 9.71. The van der Waals surface area contributed by atoms with E-state index in [1.807, 2.05) is 25.9 Å². The molecule has 0 spiro atoms. The molecule has 0 aromatic carbocycles. The van der Waals surface area contributed by atoms with Crippen LogP contribution in [-0.2, 0) is 4.79 Å². The summed E-state index contributed by atoms with van der Waals surface area (Å²) in [7, 11) is 3.83. The fraction of sp³-hybridized carbons (Fsp3) is 0.875. The third-order valence-electron chi connectivity index (χ3n) is 5.13. The second kappa shape index (κ2) is 22.9. The third kappa shape index (κ3) is 23.7. The minimum Gasteiger partial charge on any atom is -0.478 e. The van der Waals surface area contributed by atoms with Crippen molar-refractivity contribution in [3.05, 3.63) is 11.6 Å². The van der Waals surface area contributed by atoms with Gasteiger partial charge in [-0.15, -0.1) is 0 Å². The Morgan fingerprint density at radius 1 is 0.857 bits per heavy atom. The van der Waals surface area contributed by atoms with Crippen LogP contribution in [-0.4, -0.2) is 41.4 Å². The van der Waals surface area contributed by atoms with Crippen LogP contribution in [0.4, 0.5) is 0 Å². The van der Waals surface area contributed by atoms with Crippen LogP contribution in [0.5, 0.6) is 0 Å². The number of hydrogen-bond donors (Lipinski definition) is 1. The van der Waals surface area contributed by atoms with Crippen LogP contribution >= 0.6 is 15.9 Å². The van der Waals surface area contributed by atoms with Gasteiger partial charge >= 0.3 is 5.97 Å². The smallest absolute Gasteiger partial charge is 0.331 e. The highest BCUT2D eigenvalue weighted by molar-refractivity contribution is 9.09. The van der Waals surface area contributed by atoms with Crippen LogP contribution < -0.4 is 0 Å². The first kappa shape index (κ1) is 29.8. The zero-order valence-corrected chi connectivity index (χ0v) is 21.0. The number of rotatable bonds is 17. The number of carbonyl (C=O) groups is 1. The van der Waals surface area contributed by atoms with Gasteiger partial charge in [-0.25, -0.2) is 4.79 Å². The molecule has 0 bridgehead atoms. The average molecular weight is 463 g/mol. The zero-order chi connectivity index (χ0) is 21.6. The number of alkyl halides is 1. The van der Waals surface area contributed by atoms with Crippen molar-refractivity contribution in [1.29, 1.82) is 0 Å². The standard InChI is InChI=1S/C16H33Br.C8H15NO2/c1-2-3-4-5-6-7-8-9-10-11-12-13-14-15-16-17;1-6(8(10)11)5-7(2)9(3)4/h2-16H2,1H3;5,7H,1-4H3,(H,10,11). The molecule has 0 saturated heterocycles. The summed E-state index contributed by atoms with van der Waals surface area (Å²) >= 11 is 3.48. The Hall–Kier alpha value is -0.350. The summed E-state index contributed by atoms with van der Waals surface area (Å²) in [6.07, 6.45) is 22.0. The number of unbranched alkanes of at least 4 members (excludes halogenated alkanes) is 13. The predicted octanol–water partition coefficient (Wildman–Crippen LogP) is 7.83. The first-order valence-electron chi connectivity index (χ1n) is 11.5. The molecule has 0 fully saturated rings. The maximum Gasteiger partial charge on any atom is 0.331 e. The molecular weight excluding hydrogens is 414 g/mol. The van der Waals surface area contributed by atoms with E-state index in [1.54, 1.807) is 13.0 Å². The number of aliphatic carboxylic acids is 1. The Morgan fingerprint density at radius 2 is 1.21 bits per heavy atom. The summed E-state index contributed by atoms with van der Waals surface area (Å²) in [4.78, 5) is 12.3. The van der Waals surface area contributed by atoms with Crippen molar-refractivity contribution in [3.8, 4) is 0 Å². The fourth-order valence-electron chi connectivity index (χ4n) is 2.87. The van der Waals surface area contributed by atoms with E-state index in [2.05, 4.69) is 22.9 Å². The first-order valence-corrected chi connectivity index (χ1v) is 12.6. The van der Waals surface area contributed by atoms with Crippen LogP contribution in [0.3, 0.4) is 0 Å². The molecule has 0 aromatic rings. The number of carboxylic acids is 1. The van der Waals surface area contributed by atoms with E-state index in [1.165, 1.54) is 95.2 Å². The van der Waals surface area contributed by atoms with Gasteiger partial charge in [-0.05, 0) is 34.4 Å². The molecule has 0 aliphatic heterocycles. The zero-order valence-electron chi connectivity index (χ0n) is 19.4. The molecule has 28 heavy (non-hydrogen) atoms. The molecule has 1 unspecified atom stereocenters. The number of hydrogen-bond acceptors (Lipinski definition) is 2. The van der Waals surface area contributed by atoms with E-state index < -0.39 is 5.97 Å². The highest BCUT2D eigenvalue weighted by Crippen LogP contribution is 2.13. The van der Waals surface area contributed by atoms with E-state index in [0.29, 0.717) is 5.57 Å². The van der Waals surface area contributed by atoms with Gasteiger partial charge in [-0.1, -0.05) is 112 Å². The largest absolute Gasteiger partial charge is 0.478 e. The van der Waals surface area contributed by atoms with Crippen molar-refractivity contribution in [3.63, 3.8) is 0 Å². The molecule has 0 radical (unpaired) electrons. The Bertz CT molecular complexity index is 356. The van der Waals surface area contributed by atoms with Gasteiger partial charge in [-0.2, -0.15) is 0 Å². The van der Waals surface area contributed by atoms with Crippen molar-refractivity contribution in [2.45, 2.75) is 117 Å². The highest BCUT2D eigenvalue weighted by Gasteiger charge is 2.04. The summed E-state index contributed by atoms with van der Waals surface area (Å²) in [5.41, 5.74) is 0.395. The summed E-state index contributed by atoms with van der Waals surface area (Å²) in [5.74, 6) is -0.848. The van der Waals surface area contributed by atoms with E-state index in [-0.39, 0.29) is 6.04 Å². The first-order chi connectivity index (χ1) is 13.4. The molecule has 4 heteroatoms. The van der Waals surface area contributed by atoms with Gasteiger partial charge in [0.1, 0.15) is 0 Å². The van der Waals surface area contributed by atoms with Crippen molar-refractivity contribution >= 4 is 21.9 Å². The summed E-state index contributed by atoms with van der Waals surface area (Å²) in [6, 6.07) is 0.172. The lowest BCUT2D eigenvalue weighted by Gasteiger charge is -2.15. The summed E-state index contributed by atoms with van der Waals surface area (Å²) < 4.78 is 0. The molecule has 0 aliphatic carbocycles. The molecule has 0 aromatic heterocycles. The van der Waals surface area contributed by atoms with Crippen LogP contribution in [0.1, 0.15) is 111 Å². The lowest BCUT2D eigenvalue weighted by molar-refractivity contribution is -0.132. The Kier molecular flexibility index (Phi) is 24.4. The maximum absolute atomic E-state index is 10.4. The van der Waals surface area contributed by atoms with Gasteiger partial charge in [0, 0.05) is 16.9 Å². The van der Waals surface area contributed by atoms with E-state index in [4.69, 9.17) is 5.11 Å². The predicted molar refractivity (Wildman–Crippen MR) is 129 cm³/mol. The van der Waals surface area contributed by atoms with Gasteiger partial charge in [0.15, 0.2) is 0 Å². The lowest BCUT2D eigenvalue weighted by atomic mass is 10.0. The number of nitrogens with zero attached hydrogens (tertiary/aromatic N) is 1. The number of likely N-dealkylation sites (N-methyl/N-ethyl adjacent to an activating group) is 1. The minimum absolute atomic E-state index is 0.172. The SMILES string of the molecule is CC(=CC(C)N(C)C)C(=O)O.CCCCCCCCCCCCCCCCBr. The van der Waals surface area contributed by atoms with Crippen LogP contribution in [0.2, 0.25) is 0 Å². The van der Waals surface area contributed by atoms with Gasteiger partial charge in [0.25, 0.3) is 0 Å². The number of halogens is 1. The maximum atomic E-state index is 10.4. The normalized spacial score (nSPS) is 12.6. The van der Waals surface area contributed by atoms with E-state index >= 15 is 0 Å². The molecule has 168 valence electrons. The second-order valence-corrected chi connectivity index (χ2v) is 8.94. The molecule has 0 rings (SSSR count). The topological polar surface area (TPSA) is 40.5 Å².